The van der Waals surface area contributed by atoms with Gasteiger partial charge in [-0.3, -0.25) is 0 Å². The molecule has 0 aliphatic rings. The van der Waals surface area contributed by atoms with Crippen LogP contribution in [0.4, 0.5) is 10.5 Å². The zero-order valence-corrected chi connectivity index (χ0v) is 13.8. The molecule has 0 saturated carbocycles. The van der Waals surface area contributed by atoms with Crippen LogP contribution in [0.25, 0.3) is 0 Å². The van der Waals surface area contributed by atoms with Gasteiger partial charge in [-0.2, -0.15) is 0 Å². The molecule has 1 aromatic carbocycles. The van der Waals surface area contributed by atoms with E-state index in [4.69, 9.17) is 9.84 Å². The first-order valence-corrected chi connectivity index (χ1v) is 7.26. The molecule has 0 spiro atoms. The fourth-order valence-electron chi connectivity index (χ4n) is 1.72. The van der Waals surface area contributed by atoms with Gasteiger partial charge in [-0.15, -0.1) is 0 Å². The van der Waals surface area contributed by atoms with Gasteiger partial charge >= 0.3 is 12.0 Å². The summed E-state index contributed by atoms with van der Waals surface area (Å²) in [5.74, 6) is -1.11. The van der Waals surface area contributed by atoms with Crippen molar-refractivity contribution >= 4 is 33.6 Å². The third kappa shape index (κ3) is 5.35. The minimum Gasteiger partial charge on any atom is -0.478 e. The molecule has 1 rings (SSSR count). The number of hydrogen-bond acceptors (Lipinski definition) is 3. The van der Waals surface area contributed by atoms with Crippen LogP contribution in [-0.4, -0.2) is 35.9 Å². The highest BCUT2D eigenvalue weighted by Gasteiger charge is 2.20. The number of ether oxygens (including phenoxy) is 1. The lowest BCUT2D eigenvalue weighted by Gasteiger charge is -2.25. The predicted molar refractivity (Wildman–Crippen MR) is 83.8 cm³/mol. The first-order valence-electron chi connectivity index (χ1n) is 6.47. The van der Waals surface area contributed by atoms with Crippen LogP contribution in [0.1, 0.15) is 31.1 Å². The summed E-state index contributed by atoms with van der Waals surface area (Å²) in [4.78, 5) is 23.0. The number of halogens is 1. The van der Waals surface area contributed by atoms with Gasteiger partial charge in [0.25, 0.3) is 0 Å². The number of carbonyl (C=O) groups excluding carboxylic acids is 1. The normalized spacial score (nSPS) is 11.0. The number of carboxylic acids is 1. The summed E-state index contributed by atoms with van der Waals surface area (Å²) in [6.07, 6.45) is 0. The molecule has 0 heterocycles. The number of carbonyl (C=O) groups is 2. The molecule has 0 radical (unpaired) electrons. The Bertz CT molecular complexity index is 532. The van der Waals surface area contributed by atoms with Crippen molar-refractivity contribution in [2.75, 3.05) is 18.5 Å². The van der Waals surface area contributed by atoms with Crippen LogP contribution < -0.4 is 10.6 Å². The van der Waals surface area contributed by atoms with E-state index in [0.717, 1.165) is 0 Å². The maximum Gasteiger partial charge on any atom is 0.337 e. The molecule has 0 aliphatic carbocycles. The lowest BCUT2D eigenvalue weighted by molar-refractivity contribution is -0.00663. The second-order valence-electron chi connectivity index (χ2n) is 4.97. The molecule has 0 aromatic heterocycles. The largest absolute Gasteiger partial charge is 0.478 e. The molecule has 3 N–H and O–H groups in total. The van der Waals surface area contributed by atoms with Gasteiger partial charge in [0.2, 0.25) is 0 Å². The van der Waals surface area contributed by atoms with Gasteiger partial charge in [-0.25, -0.2) is 9.59 Å². The van der Waals surface area contributed by atoms with Gasteiger partial charge < -0.3 is 20.5 Å². The number of urea groups is 1. The van der Waals surface area contributed by atoms with Crippen molar-refractivity contribution in [3.8, 4) is 0 Å². The number of benzene rings is 1. The van der Waals surface area contributed by atoms with E-state index in [0.29, 0.717) is 17.6 Å². The van der Waals surface area contributed by atoms with Crippen LogP contribution in [0.2, 0.25) is 0 Å². The predicted octanol–water partition coefficient (Wildman–Crippen LogP) is 3.08. The second-order valence-corrected chi connectivity index (χ2v) is 5.82. The van der Waals surface area contributed by atoms with E-state index in [1.165, 1.54) is 6.07 Å². The van der Waals surface area contributed by atoms with E-state index in [9.17, 15) is 9.59 Å². The van der Waals surface area contributed by atoms with Gasteiger partial charge in [-0.05, 0) is 48.8 Å². The number of carboxylic acid groups (broad SMARTS) is 1. The second kappa shape index (κ2) is 7.42. The average Bonchev–Trinajstić information content (AvgIpc) is 2.38. The Morgan fingerprint density at radius 3 is 2.62 bits per heavy atom. The van der Waals surface area contributed by atoms with Gasteiger partial charge in [0, 0.05) is 17.6 Å². The number of aromatic carboxylic acids is 1. The molecule has 0 bridgehead atoms. The highest BCUT2D eigenvalue weighted by Crippen LogP contribution is 2.26. The molecule has 0 unspecified atom stereocenters. The van der Waals surface area contributed by atoms with Crippen molar-refractivity contribution in [1.29, 1.82) is 0 Å². The molecule has 0 saturated heterocycles. The Morgan fingerprint density at radius 2 is 2.05 bits per heavy atom. The summed E-state index contributed by atoms with van der Waals surface area (Å²) in [6, 6.07) is 4.19. The van der Waals surface area contributed by atoms with Crippen LogP contribution in [0.5, 0.6) is 0 Å². The lowest BCUT2D eigenvalue weighted by atomic mass is 10.1. The maximum absolute atomic E-state index is 11.9. The van der Waals surface area contributed by atoms with Gasteiger partial charge in [0.05, 0.1) is 16.9 Å². The van der Waals surface area contributed by atoms with Crippen LogP contribution in [0.15, 0.2) is 22.7 Å². The number of amides is 2. The fourth-order valence-corrected chi connectivity index (χ4v) is 2.19. The van der Waals surface area contributed by atoms with Crippen LogP contribution in [0.3, 0.4) is 0 Å². The summed E-state index contributed by atoms with van der Waals surface area (Å²) in [5.41, 5.74) is -0.254. The summed E-state index contributed by atoms with van der Waals surface area (Å²) in [5, 5.41) is 14.3. The van der Waals surface area contributed by atoms with Crippen molar-refractivity contribution in [3.63, 3.8) is 0 Å². The number of nitrogens with one attached hydrogen (secondary N) is 2. The SMILES string of the molecule is CCOC(C)(C)CNC(=O)Nc1c(Br)cccc1C(=O)O. The zero-order chi connectivity index (χ0) is 16.0. The van der Waals surface area contributed by atoms with Gasteiger partial charge in [-0.1, -0.05) is 6.07 Å². The van der Waals surface area contributed by atoms with Crippen molar-refractivity contribution in [3.05, 3.63) is 28.2 Å². The van der Waals surface area contributed by atoms with E-state index in [2.05, 4.69) is 26.6 Å². The summed E-state index contributed by atoms with van der Waals surface area (Å²) in [7, 11) is 0. The fraction of sp³-hybridized carbons (Fsp3) is 0.429. The Kier molecular flexibility index (Phi) is 6.17. The molecule has 7 heteroatoms. The van der Waals surface area contributed by atoms with Crippen LogP contribution >= 0.6 is 15.9 Å². The Hall–Kier alpha value is -1.60. The smallest absolute Gasteiger partial charge is 0.337 e. The highest BCUT2D eigenvalue weighted by atomic mass is 79.9. The first kappa shape index (κ1) is 17.5. The number of rotatable bonds is 6. The molecule has 0 fully saturated rings. The summed E-state index contributed by atoms with van der Waals surface area (Å²) >= 11 is 3.23. The van der Waals surface area contributed by atoms with Crippen molar-refractivity contribution in [1.82, 2.24) is 5.32 Å². The molecule has 116 valence electrons. The molecular formula is C14H19BrN2O4. The van der Waals surface area contributed by atoms with E-state index in [1.54, 1.807) is 12.1 Å². The van der Waals surface area contributed by atoms with Crippen molar-refractivity contribution in [2.24, 2.45) is 0 Å². The topological polar surface area (TPSA) is 87.7 Å². The number of para-hydroxylation sites is 1. The molecule has 0 atom stereocenters. The molecule has 6 nitrogen and oxygen atoms in total. The number of anilines is 1. The van der Waals surface area contributed by atoms with Crippen LogP contribution in [0, 0.1) is 0 Å². The standard InChI is InChI=1S/C14H19BrN2O4/c1-4-21-14(2,3)8-16-13(20)17-11-9(12(18)19)6-5-7-10(11)15/h5-7H,4,8H2,1-3H3,(H,18,19)(H2,16,17,20). The third-order valence-electron chi connectivity index (χ3n) is 2.69. The summed E-state index contributed by atoms with van der Waals surface area (Å²) < 4.78 is 5.97. The number of hydrogen-bond donors (Lipinski definition) is 3. The maximum atomic E-state index is 11.9. The molecule has 1 aromatic rings. The van der Waals surface area contributed by atoms with E-state index < -0.39 is 17.6 Å². The highest BCUT2D eigenvalue weighted by molar-refractivity contribution is 9.10. The monoisotopic (exact) mass is 358 g/mol. The van der Waals surface area contributed by atoms with E-state index in [1.807, 2.05) is 20.8 Å². The van der Waals surface area contributed by atoms with Crippen LogP contribution in [-0.2, 0) is 4.74 Å². The Balaban J connectivity index is 2.74. The van der Waals surface area contributed by atoms with E-state index >= 15 is 0 Å². The van der Waals surface area contributed by atoms with E-state index in [-0.39, 0.29) is 11.3 Å². The van der Waals surface area contributed by atoms with Gasteiger partial charge in [0.1, 0.15) is 0 Å². The minimum absolute atomic E-state index is 0.0172. The summed E-state index contributed by atoms with van der Waals surface area (Å²) in [6.45, 7) is 6.45. The zero-order valence-electron chi connectivity index (χ0n) is 12.2. The minimum atomic E-state index is -1.11. The Labute approximate surface area is 132 Å². The molecule has 2 amide bonds. The van der Waals surface area contributed by atoms with Crippen molar-refractivity contribution < 1.29 is 19.4 Å². The lowest BCUT2D eigenvalue weighted by Crippen LogP contribution is -2.42. The Morgan fingerprint density at radius 1 is 1.38 bits per heavy atom. The quantitative estimate of drug-likeness (QED) is 0.728. The first-order chi connectivity index (χ1) is 9.76. The molecular weight excluding hydrogens is 340 g/mol. The van der Waals surface area contributed by atoms with Gasteiger partial charge in [0.15, 0.2) is 0 Å². The molecule has 0 aliphatic heterocycles. The molecule has 21 heavy (non-hydrogen) atoms. The average molecular weight is 359 g/mol. The third-order valence-corrected chi connectivity index (χ3v) is 3.35. The van der Waals surface area contributed by atoms with Crippen molar-refractivity contribution in [2.45, 2.75) is 26.4 Å².